The van der Waals surface area contributed by atoms with E-state index < -0.39 is 0 Å². The van der Waals surface area contributed by atoms with Crippen LogP contribution < -0.4 is 5.32 Å². The van der Waals surface area contributed by atoms with Crippen molar-refractivity contribution in [3.63, 3.8) is 0 Å². The van der Waals surface area contributed by atoms with Gasteiger partial charge in [-0.2, -0.15) is 5.26 Å². The van der Waals surface area contributed by atoms with E-state index in [0.29, 0.717) is 0 Å². The van der Waals surface area contributed by atoms with E-state index in [4.69, 9.17) is 5.26 Å². The third kappa shape index (κ3) is 1.77. The van der Waals surface area contributed by atoms with Crippen LogP contribution in [0.1, 0.15) is 24.5 Å². The molecule has 108 valence electrons. The zero-order valence-electron chi connectivity index (χ0n) is 12.2. The Morgan fingerprint density at radius 1 is 1.32 bits per heavy atom. The molecule has 5 nitrogen and oxygen atoms in total. The topological polar surface area (TPSA) is 77.4 Å². The minimum atomic E-state index is -0.287. The first-order chi connectivity index (χ1) is 10.7. The largest absolute Gasteiger partial charge is 0.346 e. The van der Waals surface area contributed by atoms with Gasteiger partial charge in [-0.25, -0.2) is 9.97 Å². The third-order valence-electron chi connectivity index (χ3n) is 4.56. The molecule has 1 aliphatic carbocycles. The highest BCUT2D eigenvalue weighted by Crippen LogP contribution is 2.39. The molecule has 0 radical (unpaired) electrons. The van der Waals surface area contributed by atoms with Crippen molar-refractivity contribution >= 4 is 11.0 Å². The number of nitriles is 1. The molecule has 0 aliphatic heterocycles. The highest BCUT2D eigenvalue weighted by molar-refractivity contribution is 5.90. The number of aryl methyl sites for hydroxylation is 1. The van der Waals surface area contributed by atoms with Crippen molar-refractivity contribution in [2.24, 2.45) is 0 Å². The SMILES string of the molecule is C[C@@]1(NC#N)CCc2ccc(-c3ncnc4[nH]ccc34)cc21. The summed E-state index contributed by atoms with van der Waals surface area (Å²) in [6, 6.07) is 8.40. The van der Waals surface area contributed by atoms with Gasteiger partial charge in [0.05, 0.1) is 11.2 Å². The predicted octanol–water partition coefficient (Wildman–Crippen LogP) is 2.86. The Bertz CT molecular complexity index is 905. The lowest BCUT2D eigenvalue weighted by atomic mass is 9.92. The van der Waals surface area contributed by atoms with Crippen molar-refractivity contribution in [2.75, 3.05) is 0 Å². The zero-order valence-corrected chi connectivity index (χ0v) is 12.2. The molecule has 3 aromatic rings. The maximum absolute atomic E-state index is 9.03. The van der Waals surface area contributed by atoms with Gasteiger partial charge in [0.25, 0.3) is 0 Å². The quantitative estimate of drug-likeness (QED) is 0.562. The summed E-state index contributed by atoms with van der Waals surface area (Å²) < 4.78 is 0. The maximum atomic E-state index is 9.03. The number of nitrogens with zero attached hydrogens (tertiary/aromatic N) is 3. The number of hydrogen-bond donors (Lipinski definition) is 2. The lowest BCUT2D eigenvalue weighted by molar-refractivity contribution is 0.423. The Balaban J connectivity index is 1.89. The summed E-state index contributed by atoms with van der Waals surface area (Å²) in [5.41, 5.74) is 5.01. The Morgan fingerprint density at radius 2 is 2.23 bits per heavy atom. The van der Waals surface area contributed by atoms with Gasteiger partial charge in [0, 0.05) is 17.1 Å². The molecule has 5 heteroatoms. The van der Waals surface area contributed by atoms with Crippen molar-refractivity contribution < 1.29 is 0 Å². The molecule has 0 amide bonds. The van der Waals surface area contributed by atoms with Crippen LogP contribution in [-0.4, -0.2) is 15.0 Å². The van der Waals surface area contributed by atoms with Crippen LogP contribution in [0.4, 0.5) is 0 Å². The van der Waals surface area contributed by atoms with E-state index in [1.165, 1.54) is 11.1 Å². The molecule has 0 fully saturated rings. The second-order valence-corrected chi connectivity index (χ2v) is 5.90. The van der Waals surface area contributed by atoms with Gasteiger partial charge in [0.1, 0.15) is 12.0 Å². The summed E-state index contributed by atoms with van der Waals surface area (Å²) >= 11 is 0. The van der Waals surface area contributed by atoms with Crippen LogP contribution in [0.25, 0.3) is 22.3 Å². The van der Waals surface area contributed by atoms with Crippen molar-refractivity contribution in [3.8, 4) is 17.5 Å². The van der Waals surface area contributed by atoms with Crippen molar-refractivity contribution in [2.45, 2.75) is 25.3 Å². The van der Waals surface area contributed by atoms with Crippen LogP contribution in [0.15, 0.2) is 36.8 Å². The number of fused-ring (bicyclic) bond motifs is 2. The van der Waals surface area contributed by atoms with Crippen molar-refractivity contribution in [1.29, 1.82) is 5.26 Å². The second kappa shape index (κ2) is 4.57. The minimum absolute atomic E-state index is 0.287. The lowest BCUT2D eigenvalue weighted by Crippen LogP contribution is -2.33. The number of aromatic amines is 1. The van der Waals surface area contributed by atoms with Gasteiger partial charge in [-0.1, -0.05) is 12.1 Å². The number of benzene rings is 1. The van der Waals surface area contributed by atoms with Crippen LogP contribution in [0.2, 0.25) is 0 Å². The summed E-state index contributed by atoms with van der Waals surface area (Å²) in [5.74, 6) is 0. The summed E-state index contributed by atoms with van der Waals surface area (Å²) in [7, 11) is 0. The summed E-state index contributed by atoms with van der Waals surface area (Å²) in [6.07, 6.45) is 7.47. The fourth-order valence-corrected chi connectivity index (χ4v) is 3.33. The second-order valence-electron chi connectivity index (χ2n) is 5.90. The van der Waals surface area contributed by atoms with Gasteiger partial charge >= 0.3 is 0 Å². The number of rotatable bonds is 2. The Morgan fingerprint density at radius 3 is 3.09 bits per heavy atom. The first kappa shape index (κ1) is 12.8. The van der Waals surface area contributed by atoms with E-state index in [0.717, 1.165) is 35.1 Å². The molecule has 0 saturated carbocycles. The zero-order chi connectivity index (χ0) is 15.2. The fourth-order valence-electron chi connectivity index (χ4n) is 3.33. The van der Waals surface area contributed by atoms with Gasteiger partial charge in [0.15, 0.2) is 6.19 Å². The summed E-state index contributed by atoms with van der Waals surface area (Å²) in [5, 5.41) is 13.0. The average Bonchev–Trinajstić information content (AvgIpc) is 3.12. The number of hydrogen-bond acceptors (Lipinski definition) is 4. The van der Waals surface area contributed by atoms with Crippen LogP contribution in [0, 0.1) is 11.5 Å². The lowest BCUT2D eigenvalue weighted by Gasteiger charge is -2.24. The van der Waals surface area contributed by atoms with Crippen molar-refractivity contribution in [1.82, 2.24) is 20.3 Å². The normalized spacial score (nSPS) is 19.8. The molecule has 0 saturated heterocycles. The van der Waals surface area contributed by atoms with Crippen LogP contribution >= 0.6 is 0 Å². The Hall–Kier alpha value is -2.87. The first-order valence-electron chi connectivity index (χ1n) is 7.29. The van der Waals surface area contributed by atoms with E-state index in [1.54, 1.807) is 6.33 Å². The third-order valence-corrected chi connectivity index (χ3v) is 4.56. The maximum Gasteiger partial charge on any atom is 0.177 e. The summed E-state index contributed by atoms with van der Waals surface area (Å²) in [6.45, 7) is 2.08. The molecule has 1 atom stereocenters. The molecule has 2 N–H and O–H groups in total. The van der Waals surface area contributed by atoms with Crippen LogP contribution in [0.3, 0.4) is 0 Å². The van der Waals surface area contributed by atoms with Crippen LogP contribution in [-0.2, 0) is 12.0 Å². The molecule has 0 spiro atoms. The highest BCUT2D eigenvalue weighted by atomic mass is 15.0. The molecular formula is C17H15N5. The number of aromatic nitrogens is 3. The van der Waals surface area contributed by atoms with Crippen molar-refractivity contribution in [3.05, 3.63) is 47.9 Å². The van der Waals surface area contributed by atoms with E-state index >= 15 is 0 Å². The smallest absolute Gasteiger partial charge is 0.177 e. The van der Waals surface area contributed by atoms with E-state index in [2.05, 4.69) is 51.6 Å². The molecule has 2 heterocycles. The minimum Gasteiger partial charge on any atom is -0.346 e. The Kier molecular flexibility index (Phi) is 2.67. The number of nitrogens with one attached hydrogen (secondary N) is 2. The first-order valence-corrected chi connectivity index (χ1v) is 7.29. The monoisotopic (exact) mass is 289 g/mol. The van der Waals surface area contributed by atoms with Gasteiger partial charge < -0.3 is 10.3 Å². The van der Waals surface area contributed by atoms with Gasteiger partial charge in [-0.05, 0) is 43.0 Å². The molecule has 1 aromatic carbocycles. The van der Waals surface area contributed by atoms with E-state index in [-0.39, 0.29) is 5.54 Å². The number of H-pyrrole nitrogens is 1. The van der Waals surface area contributed by atoms with Gasteiger partial charge in [-0.3, -0.25) is 0 Å². The molecular weight excluding hydrogens is 274 g/mol. The fraction of sp³-hybridized carbons (Fsp3) is 0.235. The molecule has 0 bridgehead atoms. The summed E-state index contributed by atoms with van der Waals surface area (Å²) in [4.78, 5) is 11.8. The van der Waals surface area contributed by atoms with Crippen LogP contribution in [0.5, 0.6) is 0 Å². The molecule has 2 aromatic heterocycles. The standard InChI is InChI=1S/C17H15N5/c1-17(22-9-18)6-4-11-2-3-12(8-14(11)17)15-13-5-7-19-16(13)21-10-20-15/h2-3,5,7-8,10,22H,4,6H2,1H3,(H,19,20,21)/t17-/m1/s1. The molecule has 4 rings (SSSR count). The molecule has 22 heavy (non-hydrogen) atoms. The molecule has 1 aliphatic rings. The average molecular weight is 289 g/mol. The highest BCUT2D eigenvalue weighted by Gasteiger charge is 2.34. The van der Waals surface area contributed by atoms with E-state index in [9.17, 15) is 0 Å². The predicted molar refractivity (Wildman–Crippen MR) is 83.7 cm³/mol. The van der Waals surface area contributed by atoms with E-state index in [1.807, 2.05) is 12.3 Å². The molecule has 0 unspecified atom stereocenters. The van der Waals surface area contributed by atoms with Gasteiger partial charge in [0.2, 0.25) is 0 Å². The Labute approximate surface area is 128 Å². The van der Waals surface area contributed by atoms with Gasteiger partial charge in [-0.15, -0.1) is 0 Å².